The fourth-order valence-corrected chi connectivity index (χ4v) is 2.73. The third kappa shape index (κ3) is 3.18. The number of nitrogens with zero attached hydrogens (tertiary/aromatic N) is 4. The number of methoxy groups -OCH3 is 1. The Labute approximate surface area is 122 Å². The minimum Gasteiger partial charge on any atom is -0.481 e. The first kappa shape index (κ1) is 13.9. The van der Waals surface area contributed by atoms with Gasteiger partial charge in [0.25, 0.3) is 0 Å². The second-order valence-corrected chi connectivity index (χ2v) is 5.37. The van der Waals surface area contributed by atoms with Crippen LogP contribution in [0.25, 0.3) is 11.5 Å². The van der Waals surface area contributed by atoms with Gasteiger partial charge in [0.2, 0.25) is 17.6 Å². The van der Waals surface area contributed by atoms with Gasteiger partial charge in [-0.15, -0.1) is 0 Å². The van der Waals surface area contributed by atoms with Crippen molar-refractivity contribution in [1.29, 1.82) is 0 Å². The quantitative estimate of drug-likeness (QED) is 0.912. The molecular formula is C14H19N5O2. The van der Waals surface area contributed by atoms with Gasteiger partial charge in [0.05, 0.1) is 7.11 Å². The molecule has 0 bridgehead atoms. The molecule has 2 aromatic rings. The molecule has 3 rings (SSSR count). The highest BCUT2D eigenvalue weighted by Crippen LogP contribution is 2.26. The van der Waals surface area contributed by atoms with E-state index in [9.17, 15) is 0 Å². The van der Waals surface area contributed by atoms with E-state index in [-0.39, 0.29) is 6.04 Å². The van der Waals surface area contributed by atoms with Crippen molar-refractivity contribution < 1.29 is 9.26 Å². The van der Waals surface area contributed by atoms with Gasteiger partial charge in [-0.1, -0.05) is 18.0 Å². The molecule has 1 aliphatic carbocycles. The molecule has 0 spiro atoms. The van der Waals surface area contributed by atoms with Crippen LogP contribution in [-0.2, 0) is 6.42 Å². The van der Waals surface area contributed by atoms with E-state index in [1.165, 1.54) is 19.2 Å². The van der Waals surface area contributed by atoms with Crippen molar-refractivity contribution in [2.45, 2.75) is 38.1 Å². The van der Waals surface area contributed by atoms with Gasteiger partial charge < -0.3 is 15.0 Å². The minimum absolute atomic E-state index is 0.230. The Morgan fingerprint density at radius 3 is 3.00 bits per heavy atom. The van der Waals surface area contributed by atoms with Crippen molar-refractivity contribution in [3.63, 3.8) is 0 Å². The van der Waals surface area contributed by atoms with Crippen LogP contribution in [0.1, 0.15) is 31.6 Å². The van der Waals surface area contributed by atoms with E-state index in [2.05, 4.69) is 20.1 Å². The van der Waals surface area contributed by atoms with Crippen LogP contribution in [0.15, 0.2) is 16.9 Å². The molecule has 0 radical (unpaired) electrons. The van der Waals surface area contributed by atoms with Crippen LogP contribution >= 0.6 is 0 Å². The summed E-state index contributed by atoms with van der Waals surface area (Å²) >= 11 is 0. The highest BCUT2D eigenvalue weighted by atomic mass is 16.5. The Kier molecular flexibility index (Phi) is 4.10. The van der Waals surface area contributed by atoms with Gasteiger partial charge in [-0.2, -0.15) is 4.98 Å². The Balaban J connectivity index is 1.73. The zero-order chi connectivity index (χ0) is 14.7. The van der Waals surface area contributed by atoms with Crippen LogP contribution < -0.4 is 10.5 Å². The fourth-order valence-electron chi connectivity index (χ4n) is 2.73. The summed E-state index contributed by atoms with van der Waals surface area (Å²) in [6.07, 6.45) is 6.79. The van der Waals surface area contributed by atoms with Gasteiger partial charge in [0.15, 0.2) is 0 Å². The number of rotatable bonds is 4. The Morgan fingerprint density at radius 2 is 2.19 bits per heavy atom. The van der Waals surface area contributed by atoms with Gasteiger partial charge in [0, 0.05) is 18.5 Å². The van der Waals surface area contributed by atoms with Crippen LogP contribution in [0.4, 0.5) is 0 Å². The molecule has 2 atom stereocenters. The van der Waals surface area contributed by atoms with Crippen molar-refractivity contribution in [3.8, 4) is 17.4 Å². The molecule has 112 valence electrons. The summed E-state index contributed by atoms with van der Waals surface area (Å²) in [5.74, 6) is 1.97. The maximum absolute atomic E-state index is 6.16. The second-order valence-electron chi connectivity index (χ2n) is 5.37. The van der Waals surface area contributed by atoms with Crippen LogP contribution in [-0.4, -0.2) is 33.3 Å². The molecule has 1 fully saturated rings. The molecule has 0 amide bonds. The lowest BCUT2D eigenvalue weighted by atomic mass is 9.83. The number of hydrogen-bond donors (Lipinski definition) is 1. The van der Waals surface area contributed by atoms with Crippen molar-refractivity contribution in [2.75, 3.05) is 7.11 Å². The van der Waals surface area contributed by atoms with Gasteiger partial charge in [-0.3, -0.25) is 0 Å². The van der Waals surface area contributed by atoms with Crippen LogP contribution in [0, 0.1) is 5.92 Å². The Bertz CT molecular complexity index is 601. The van der Waals surface area contributed by atoms with Gasteiger partial charge in [-0.05, 0) is 18.8 Å². The minimum atomic E-state index is 0.230. The van der Waals surface area contributed by atoms with E-state index < -0.39 is 0 Å². The first-order valence-corrected chi connectivity index (χ1v) is 7.21. The molecule has 2 aromatic heterocycles. The summed E-state index contributed by atoms with van der Waals surface area (Å²) in [5, 5.41) is 3.98. The van der Waals surface area contributed by atoms with E-state index in [0.717, 1.165) is 19.3 Å². The summed E-state index contributed by atoms with van der Waals surface area (Å²) in [6, 6.07) is 1.91. The third-order valence-corrected chi connectivity index (χ3v) is 3.95. The summed E-state index contributed by atoms with van der Waals surface area (Å²) in [7, 11) is 1.55. The maximum Gasteiger partial charge on any atom is 0.227 e. The highest BCUT2D eigenvalue weighted by molar-refractivity contribution is 5.49. The second kappa shape index (κ2) is 6.17. The molecule has 1 saturated carbocycles. The zero-order valence-corrected chi connectivity index (χ0v) is 12.0. The molecule has 0 aliphatic heterocycles. The largest absolute Gasteiger partial charge is 0.481 e. The van der Waals surface area contributed by atoms with Gasteiger partial charge in [0.1, 0.15) is 12.0 Å². The topological polar surface area (TPSA) is 100.0 Å². The van der Waals surface area contributed by atoms with Crippen LogP contribution in [0.5, 0.6) is 5.88 Å². The van der Waals surface area contributed by atoms with Crippen molar-refractivity contribution >= 4 is 0 Å². The predicted octanol–water partition coefficient (Wildman–Crippen LogP) is 1.60. The zero-order valence-electron chi connectivity index (χ0n) is 12.0. The summed E-state index contributed by atoms with van der Waals surface area (Å²) in [4.78, 5) is 12.5. The van der Waals surface area contributed by atoms with E-state index >= 15 is 0 Å². The molecule has 7 nitrogen and oxygen atoms in total. The van der Waals surface area contributed by atoms with Crippen molar-refractivity contribution in [3.05, 3.63) is 18.3 Å². The normalized spacial score (nSPS) is 22.2. The first-order chi connectivity index (χ1) is 10.3. The number of hydrogen-bond acceptors (Lipinski definition) is 7. The molecule has 1 aliphatic rings. The average molecular weight is 289 g/mol. The highest BCUT2D eigenvalue weighted by Gasteiger charge is 2.24. The third-order valence-electron chi connectivity index (χ3n) is 3.95. The smallest absolute Gasteiger partial charge is 0.227 e. The number of nitrogens with two attached hydrogens (primary N) is 1. The first-order valence-electron chi connectivity index (χ1n) is 7.21. The molecule has 2 heterocycles. The lowest BCUT2D eigenvalue weighted by molar-refractivity contribution is 0.273. The molecule has 21 heavy (non-hydrogen) atoms. The summed E-state index contributed by atoms with van der Waals surface area (Å²) in [6.45, 7) is 0. The van der Waals surface area contributed by atoms with Crippen LogP contribution in [0.3, 0.4) is 0 Å². The van der Waals surface area contributed by atoms with E-state index in [1.807, 2.05) is 0 Å². The maximum atomic E-state index is 6.16. The van der Waals surface area contributed by atoms with E-state index in [4.69, 9.17) is 15.0 Å². The number of ether oxygens (including phenoxy) is 1. The Morgan fingerprint density at radius 1 is 1.33 bits per heavy atom. The van der Waals surface area contributed by atoms with Crippen LogP contribution in [0.2, 0.25) is 0 Å². The molecular weight excluding hydrogens is 270 g/mol. The SMILES string of the molecule is COc1cc(-c2noc(CC3CCCCC3N)n2)ncn1. The molecule has 2 unspecified atom stereocenters. The lowest BCUT2D eigenvalue weighted by Gasteiger charge is -2.27. The standard InChI is InChI=1S/C14H19N5O2/c1-20-12-7-11(16-8-17-12)14-18-13(21-19-14)6-9-4-2-3-5-10(9)15/h7-10H,2-6,15H2,1H3. The predicted molar refractivity (Wildman–Crippen MR) is 75.5 cm³/mol. The fraction of sp³-hybridized carbons (Fsp3) is 0.571. The average Bonchev–Trinajstić information content (AvgIpc) is 2.98. The molecule has 0 aromatic carbocycles. The Hall–Kier alpha value is -2.02. The monoisotopic (exact) mass is 289 g/mol. The molecule has 7 heteroatoms. The van der Waals surface area contributed by atoms with Crippen molar-refractivity contribution in [2.24, 2.45) is 11.7 Å². The number of aromatic nitrogens is 4. The lowest BCUT2D eigenvalue weighted by Crippen LogP contribution is -2.34. The van der Waals surface area contributed by atoms with Gasteiger partial charge >= 0.3 is 0 Å². The molecule has 2 N–H and O–H groups in total. The van der Waals surface area contributed by atoms with E-state index in [1.54, 1.807) is 13.2 Å². The van der Waals surface area contributed by atoms with Crippen molar-refractivity contribution in [1.82, 2.24) is 20.1 Å². The summed E-state index contributed by atoms with van der Waals surface area (Å²) < 4.78 is 10.4. The van der Waals surface area contributed by atoms with E-state index in [0.29, 0.717) is 29.2 Å². The van der Waals surface area contributed by atoms with Gasteiger partial charge in [-0.25, -0.2) is 9.97 Å². The summed E-state index contributed by atoms with van der Waals surface area (Å²) in [5.41, 5.74) is 6.74. The molecule has 0 saturated heterocycles.